The molecule has 1 fully saturated rings. The summed E-state index contributed by atoms with van der Waals surface area (Å²) >= 11 is 0. The molecule has 6 heteroatoms. The van der Waals surface area contributed by atoms with Gasteiger partial charge in [0.2, 0.25) is 0 Å². The highest BCUT2D eigenvalue weighted by atomic mass is 16.1. The highest BCUT2D eigenvalue weighted by Gasteiger charge is 2.18. The number of hydrogen-bond acceptors (Lipinski definition) is 5. The average Bonchev–Trinajstić information content (AvgIpc) is 3.04. The number of amides is 1. The molecule has 3 aromatic rings. The van der Waals surface area contributed by atoms with Gasteiger partial charge in [0.05, 0.1) is 0 Å². The van der Waals surface area contributed by atoms with Crippen LogP contribution in [0.1, 0.15) is 22.3 Å². The Kier molecular flexibility index (Phi) is 5.53. The van der Waals surface area contributed by atoms with Crippen molar-refractivity contribution in [3.8, 4) is 22.3 Å². The maximum Gasteiger partial charge on any atom is 0.251 e. The van der Waals surface area contributed by atoms with Crippen molar-refractivity contribution < 1.29 is 4.79 Å². The summed E-state index contributed by atoms with van der Waals surface area (Å²) in [5, 5.41) is 2.89. The molecule has 0 unspecified atom stereocenters. The lowest BCUT2D eigenvalue weighted by molar-refractivity contribution is 0.0946. The standard InChI is InChI=1S/C26H29N5O/c1-30-11-2-12-31(14-13-30)22-6-3-18(4-7-22)21-16-24(25(27)29-17-21)19-5-8-23-20(15-19)9-10-28-26(23)32/h3-8,15-17H,2,9-14H2,1H3,(H2,27,29)(H,28,32). The Morgan fingerprint density at radius 2 is 1.72 bits per heavy atom. The number of aromatic nitrogens is 1. The van der Waals surface area contributed by atoms with Gasteiger partial charge in [-0.15, -0.1) is 0 Å². The maximum atomic E-state index is 12.1. The van der Waals surface area contributed by atoms with E-state index in [4.69, 9.17) is 5.73 Å². The van der Waals surface area contributed by atoms with Crippen LogP contribution in [-0.2, 0) is 6.42 Å². The van der Waals surface area contributed by atoms with Gasteiger partial charge in [-0.2, -0.15) is 0 Å². The summed E-state index contributed by atoms with van der Waals surface area (Å²) in [6.45, 7) is 5.06. The SMILES string of the molecule is CN1CCCN(c2ccc(-c3cnc(N)c(-c4ccc5c(c4)CCNC5=O)c3)cc2)CC1. The molecule has 3 N–H and O–H groups in total. The predicted octanol–water partition coefficient (Wildman–Crippen LogP) is 3.43. The van der Waals surface area contributed by atoms with Crippen LogP contribution in [0.2, 0.25) is 0 Å². The third-order valence-corrected chi connectivity index (χ3v) is 6.54. The lowest BCUT2D eigenvalue weighted by Crippen LogP contribution is -2.31. The molecule has 2 aliphatic rings. The summed E-state index contributed by atoms with van der Waals surface area (Å²) in [7, 11) is 2.19. The number of rotatable bonds is 3. The number of fused-ring (bicyclic) bond motifs is 1. The van der Waals surface area contributed by atoms with Crippen molar-refractivity contribution in [3.05, 3.63) is 65.9 Å². The van der Waals surface area contributed by atoms with Crippen molar-refractivity contribution in [2.45, 2.75) is 12.8 Å². The number of benzene rings is 2. The van der Waals surface area contributed by atoms with E-state index in [0.717, 1.165) is 66.0 Å². The second-order valence-electron chi connectivity index (χ2n) is 8.73. The molecule has 3 heterocycles. The number of nitrogens with two attached hydrogens (primary N) is 1. The van der Waals surface area contributed by atoms with Crippen LogP contribution in [0.25, 0.3) is 22.3 Å². The molecule has 6 nitrogen and oxygen atoms in total. The zero-order chi connectivity index (χ0) is 22.1. The first-order chi connectivity index (χ1) is 15.6. The van der Waals surface area contributed by atoms with E-state index < -0.39 is 0 Å². The van der Waals surface area contributed by atoms with Gasteiger partial charge in [-0.25, -0.2) is 4.98 Å². The fraction of sp³-hybridized carbons (Fsp3) is 0.308. The molecular weight excluding hydrogens is 398 g/mol. The molecule has 2 aromatic carbocycles. The minimum absolute atomic E-state index is 0.00575. The number of anilines is 2. The zero-order valence-corrected chi connectivity index (χ0v) is 18.5. The number of carbonyl (C=O) groups is 1. The molecule has 1 saturated heterocycles. The quantitative estimate of drug-likeness (QED) is 0.670. The average molecular weight is 428 g/mol. The predicted molar refractivity (Wildman–Crippen MR) is 130 cm³/mol. The van der Waals surface area contributed by atoms with Gasteiger partial charge >= 0.3 is 0 Å². The molecular formula is C26H29N5O. The van der Waals surface area contributed by atoms with E-state index in [9.17, 15) is 4.79 Å². The number of likely N-dealkylation sites (N-methyl/N-ethyl adjacent to an activating group) is 1. The van der Waals surface area contributed by atoms with Crippen molar-refractivity contribution in [1.82, 2.24) is 15.2 Å². The van der Waals surface area contributed by atoms with Gasteiger partial charge in [0, 0.05) is 54.8 Å². The van der Waals surface area contributed by atoms with Crippen molar-refractivity contribution in [2.75, 3.05) is 50.4 Å². The van der Waals surface area contributed by atoms with Gasteiger partial charge in [0.25, 0.3) is 5.91 Å². The zero-order valence-electron chi connectivity index (χ0n) is 18.5. The lowest BCUT2D eigenvalue weighted by Gasteiger charge is -2.23. The summed E-state index contributed by atoms with van der Waals surface area (Å²) in [6, 6.07) is 16.8. The highest BCUT2D eigenvalue weighted by Crippen LogP contribution is 2.32. The van der Waals surface area contributed by atoms with Crippen LogP contribution < -0.4 is 16.0 Å². The third kappa shape index (κ3) is 4.06. The second-order valence-corrected chi connectivity index (χ2v) is 8.73. The van der Waals surface area contributed by atoms with Crippen LogP contribution in [0.5, 0.6) is 0 Å². The molecule has 0 saturated carbocycles. The van der Waals surface area contributed by atoms with Gasteiger partial charge in [-0.05, 0) is 67.4 Å². The molecule has 32 heavy (non-hydrogen) atoms. The number of nitrogen functional groups attached to an aromatic ring is 1. The van der Waals surface area contributed by atoms with Crippen LogP contribution in [0.15, 0.2) is 54.7 Å². The number of nitrogens with one attached hydrogen (secondary N) is 1. The molecule has 5 rings (SSSR count). The third-order valence-electron chi connectivity index (χ3n) is 6.54. The van der Waals surface area contributed by atoms with Crippen LogP contribution >= 0.6 is 0 Å². The molecule has 0 spiro atoms. The first-order valence-electron chi connectivity index (χ1n) is 11.3. The summed E-state index contributed by atoms with van der Waals surface area (Å²) in [4.78, 5) is 21.4. The van der Waals surface area contributed by atoms with Gasteiger partial charge in [0.1, 0.15) is 5.82 Å². The molecule has 0 atom stereocenters. The largest absolute Gasteiger partial charge is 0.383 e. The lowest BCUT2D eigenvalue weighted by atomic mass is 9.94. The van der Waals surface area contributed by atoms with Crippen molar-refractivity contribution >= 4 is 17.4 Å². The molecule has 0 aliphatic carbocycles. The summed E-state index contributed by atoms with van der Waals surface area (Å²) in [5.74, 6) is 0.494. The topological polar surface area (TPSA) is 74.5 Å². The Balaban J connectivity index is 1.42. The number of pyridine rings is 1. The first kappa shape index (κ1) is 20.5. The number of nitrogens with zero attached hydrogens (tertiary/aromatic N) is 3. The van der Waals surface area contributed by atoms with Gasteiger partial charge in [0.15, 0.2) is 0 Å². The molecule has 2 aliphatic heterocycles. The van der Waals surface area contributed by atoms with Crippen molar-refractivity contribution in [2.24, 2.45) is 0 Å². The summed E-state index contributed by atoms with van der Waals surface area (Å²) in [5.41, 5.74) is 13.4. The van der Waals surface area contributed by atoms with Crippen LogP contribution in [0.4, 0.5) is 11.5 Å². The van der Waals surface area contributed by atoms with E-state index in [2.05, 4.69) is 63.5 Å². The van der Waals surface area contributed by atoms with E-state index in [1.165, 1.54) is 12.1 Å². The fourth-order valence-corrected chi connectivity index (χ4v) is 4.63. The minimum Gasteiger partial charge on any atom is -0.383 e. The summed E-state index contributed by atoms with van der Waals surface area (Å²) in [6.07, 6.45) is 3.85. The highest BCUT2D eigenvalue weighted by molar-refractivity contribution is 5.97. The van der Waals surface area contributed by atoms with Crippen LogP contribution in [0, 0.1) is 0 Å². The summed E-state index contributed by atoms with van der Waals surface area (Å²) < 4.78 is 0. The Hall–Kier alpha value is -3.38. The number of hydrogen-bond donors (Lipinski definition) is 2. The Morgan fingerprint density at radius 1 is 0.906 bits per heavy atom. The minimum atomic E-state index is -0.00575. The fourth-order valence-electron chi connectivity index (χ4n) is 4.63. The maximum absolute atomic E-state index is 12.1. The molecule has 1 aromatic heterocycles. The Bertz CT molecular complexity index is 1140. The van der Waals surface area contributed by atoms with Crippen LogP contribution in [0.3, 0.4) is 0 Å². The van der Waals surface area contributed by atoms with E-state index in [0.29, 0.717) is 12.4 Å². The van der Waals surface area contributed by atoms with Gasteiger partial charge in [-0.1, -0.05) is 24.3 Å². The van der Waals surface area contributed by atoms with Crippen LogP contribution in [-0.4, -0.2) is 55.6 Å². The van der Waals surface area contributed by atoms with E-state index in [-0.39, 0.29) is 5.91 Å². The van der Waals surface area contributed by atoms with Gasteiger partial charge in [-0.3, -0.25) is 4.79 Å². The normalized spacial score (nSPS) is 16.9. The van der Waals surface area contributed by atoms with Gasteiger partial charge < -0.3 is 20.9 Å². The Morgan fingerprint density at radius 3 is 2.56 bits per heavy atom. The monoisotopic (exact) mass is 427 g/mol. The molecule has 0 radical (unpaired) electrons. The van der Waals surface area contributed by atoms with Crippen molar-refractivity contribution in [3.63, 3.8) is 0 Å². The van der Waals surface area contributed by atoms with Crippen molar-refractivity contribution in [1.29, 1.82) is 0 Å². The first-order valence-corrected chi connectivity index (χ1v) is 11.3. The second kappa shape index (κ2) is 8.63. The molecule has 1 amide bonds. The number of carbonyl (C=O) groups excluding carboxylic acids is 1. The smallest absolute Gasteiger partial charge is 0.251 e. The van der Waals surface area contributed by atoms with E-state index in [1.54, 1.807) is 0 Å². The van der Waals surface area contributed by atoms with E-state index >= 15 is 0 Å². The molecule has 164 valence electrons. The Labute approximate surface area is 189 Å². The van der Waals surface area contributed by atoms with E-state index in [1.807, 2.05) is 18.3 Å². The molecule has 0 bridgehead atoms.